The highest BCUT2D eigenvalue weighted by molar-refractivity contribution is 5.67. The number of nitrogens with two attached hydrogens (primary N) is 1. The smallest absolute Gasteiger partial charge is 0.133 e. The Morgan fingerprint density at radius 3 is 2.42 bits per heavy atom. The Morgan fingerprint density at radius 2 is 1.74 bits per heavy atom. The molecule has 3 heteroatoms. The van der Waals surface area contributed by atoms with E-state index in [0.29, 0.717) is 5.69 Å². The first-order valence-corrected chi connectivity index (χ1v) is 6.03. The van der Waals surface area contributed by atoms with Crippen LogP contribution >= 0.6 is 0 Å². The maximum absolute atomic E-state index is 9.15. The Hall–Kier alpha value is -2.73. The minimum atomic E-state index is -0.412. The van der Waals surface area contributed by atoms with E-state index in [4.69, 9.17) is 11.0 Å². The molecule has 0 aromatic heterocycles. The summed E-state index contributed by atoms with van der Waals surface area (Å²) in [6.45, 7) is 0. The summed E-state index contributed by atoms with van der Waals surface area (Å²) in [4.78, 5) is 0. The largest absolute Gasteiger partial charge is 0.397 e. The van der Waals surface area contributed by atoms with Crippen LogP contribution in [-0.4, -0.2) is 6.04 Å². The SMILES string of the molecule is N#C[C@@H](/C=C/c1ccccc1)Nc1ccccc1N. The van der Waals surface area contributed by atoms with Crippen molar-refractivity contribution in [1.82, 2.24) is 0 Å². The number of hydrogen-bond acceptors (Lipinski definition) is 3. The van der Waals surface area contributed by atoms with Gasteiger partial charge in [0.2, 0.25) is 0 Å². The molecule has 0 bridgehead atoms. The first kappa shape index (κ1) is 12.7. The molecule has 0 saturated heterocycles. The molecule has 0 aliphatic heterocycles. The van der Waals surface area contributed by atoms with Crippen LogP contribution in [0.5, 0.6) is 0 Å². The van der Waals surface area contributed by atoms with Gasteiger partial charge in [0.1, 0.15) is 6.04 Å². The second kappa shape index (κ2) is 6.27. The average Bonchev–Trinajstić information content (AvgIpc) is 2.46. The highest BCUT2D eigenvalue weighted by Gasteiger charge is 2.04. The summed E-state index contributed by atoms with van der Waals surface area (Å²) >= 11 is 0. The van der Waals surface area contributed by atoms with Crippen molar-refractivity contribution in [3.8, 4) is 6.07 Å². The fourth-order valence-electron chi connectivity index (χ4n) is 1.69. The van der Waals surface area contributed by atoms with Gasteiger partial charge in [0.05, 0.1) is 17.4 Å². The lowest BCUT2D eigenvalue weighted by molar-refractivity contribution is 1.12. The topological polar surface area (TPSA) is 61.8 Å². The summed E-state index contributed by atoms with van der Waals surface area (Å²) in [7, 11) is 0. The van der Waals surface area contributed by atoms with Crippen LogP contribution in [-0.2, 0) is 0 Å². The zero-order chi connectivity index (χ0) is 13.5. The van der Waals surface area contributed by atoms with Gasteiger partial charge in [-0.25, -0.2) is 0 Å². The molecular formula is C16H15N3. The van der Waals surface area contributed by atoms with Gasteiger partial charge in [0.25, 0.3) is 0 Å². The van der Waals surface area contributed by atoms with Crippen molar-refractivity contribution >= 4 is 17.5 Å². The van der Waals surface area contributed by atoms with Crippen molar-refractivity contribution in [2.75, 3.05) is 11.1 Å². The summed E-state index contributed by atoms with van der Waals surface area (Å²) in [5.41, 5.74) is 8.30. The van der Waals surface area contributed by atoms with E-state index in [1.54, 1.807) is 6.07 Å². The zero-order valence-electron chi connectivity index (χ0n) is 10.5. The lowest BCUT2D eigenvalue weighted by Crippen LogP contribution is -2.14. The fourth-order valence-corrected chi connectivity index (χ4v) is 1.69. The Kier molecular flexibility index (Phi) is 4.20. The quantitative estimate of drug-likeness (QED) is 0.817. The van der Waals surface area contributed by atoms with E-state index in [-0.39, 0.29) is 0 Å². The molecule has 0 heterocycles. The van der Waals surface area contributed by atoms with Crippen LogP contribution in [0.2, 0.25) is 0 Å². The number of para-hydroxylation sites is 2. The molecule has 1 atom stereocenters. The van der Waals surface area contributed by atoms with Crippen LogP contribution in [0.3, 0.4) is 0 Å². The molecule has 0 radical (unpaired) electrons. The standard InChI is InChI=1S/C16H15N3/c17-12-14(11-10-13-6-2-1-3-7-13)19-16-9-5-4-8-15(16)18/h1-11,14,19H,18H2/b11-10+/t14-/m1/s1. The maximum atomic E-state index is 9.15. The number of nitrogens with one attached hydrogen (secondary N) is 1. The summed E-state index contributed by atoms with van der Waals surface area (Å²) in [6, 6.07) is 19.0. The van der Waals surface area contributed by atoms with Crippen LogP contribution in [0.1, 0.15) is 5.56 Å². The minimum absolute atomic E-state index is 0.412. The van der Waals surface area contributed by atoms with Crippen LogP contribution in [0.4, 0.5) is 11.4 Å². The number of hydrogen-bond donors (Lipinski definition) is 2. The number of nitrogen functional groups attached to an aromatic ring is 1. The molecule has 94 valence electrons. The van der Waals surface area contributed by atoms with Crippen molar-refractivity contribution in [3.05, 3.63) is 66.2 Å². The van der Waals surface area contributed by atoms with Gasteiger partial charge < -0.3 is 11.1 Å². The van der Waals surface area contributed by atoms with E-state index in [0.717, 1.165) is 11.3 Å². The lowest BCUT2D eigenvalue weighted by Gasteiger charge is -2.11. The summed E-state index contributed by atoms with van der Waals surface area (Å²) in [5.74, 6) is 0. The molecule has 2 rings (SSSR count). The first-order valence-electron chi connectivity index (χ1n) is 6.03. The van der Waals surface area contributed by atoms with E-state index in [2.05, 4.69) is 11.4 Å². The lowest BCUT2D eigenvalue weighted by atomic mass is 10.1. The highest BCUT2D eigenvalue weighted by Crippen LogP contribution is 2.18. The Morgan fingerprint density at radius 1 is 1.05 bits per heavy atom. The maximum Gasteiger partial charge on any atom is 0.133 e. The van der Waals surface area contributed by atoms with E-state index in [1.165, 1.54) is 0 Å². The van der Waals surface area contributed by atoms with E-state index in [1.807, 2.05) is 60.7 Å². The molecule has 2 aromatic carbocycles. The van der Waals surface area contributed by atoms with Crippen molar-refractivity contribution in [2.24, 2.45) is 0 Å². The van der Waals surface area contributed by atoms with Crippen molar-refractivity contribution in [1.29, 1.82) is 5.26 Å². The molecule has 0 unspecified atom stereocenters. The van der Waals surface area contributed by atoms with Crippen molar-refractivity contribution in [2.45, 2.75) is 6.04 Å². The van der Waals surface area contributed by atoms with Gasteiger partial charge >= 0.3 is 0 Å². The number of rotatable bonds is 4. The minimum Gasteiger partial charge on any atom is -0.397 e. The predicted octanol–water partition coefficient (Wildman–Crippen LogP) is 3.29. The second-order valence-corrected chi connectivity index (χ2v) is 4.11. The van der Waals surface area contributed by atoms with E-state index < -0.39 is 6.04 Å². The van der Waals surface area contributed by atoms with Crippen molar-refractivity contribution in [3.63, 3.8) is 0 Å². The zero-order valence-corrected chi connectivity index (χ0v) is 10.5. The molecule has 0 fully saturated rings. The predicted molar refractivity (Wildman–Crippen MR) is 79.4 cm³/mol. The summed E-state index contributed by atoms with van der Waals surface area (Å²) in [6.07, 6.45) is 3.74. The second-order valence-electron chi connectivity index (χ2n) is 4.11. The van der Waals surface area contributed by atoms with Gasteiger partial charge in [-0.1, -0.05) is 48.5 Å². The molecule has 0 spiro atoms. The van der Waals surface area contributed by atoms with Gasteiger partial charge in [-0.05, 0) is 23.8 Å². The summed E-state index contributed by atoms with van der Waals surface area (Å²) < 4.78 is 0. The normalized spacial score (nSPS) is 11.9. The third-order valence-corrected chi connectivity index (χ3v) is 2.69. The van der Waals surface area contributed by atoms with Gasteiger partial charge in [0, 0.05) is 0 Å². The molecule has 3 N–H and O–H groups in total. The van der Waals surface area contributed by atoms with Gasteiger partial charge in [-0.15, -0.1) is 0 Å². The first-order chi connectivity index (χ1) is 9.29. The van der Waals surface area contributed by atoms with Crippen LogP contribution in [0, 0.1) is 11.3 Å². The number of benzene rings is 2. The number of nitrogens with zero attached hydrogens (tertiary/aromatic N) is 1. The fraction of sp³-hybridized carbons (Fsp3) is 0.0625. The molecule has 2 aromatic rings. The molecule has 19 heavy (non-hydrogen) atoms. The highest BCUT2D eigenvalue weighted by atomic mass is 14.9. The van der Waals surface area contributed by atoms with Crippen LogP contribution in [0.25, 0.3) is 6.08 Å². The van der Waals surface area contributed by atoms with Gasteiger partial charge in [-0.2, -0.15) is 5.26 Å². The Bertz CT molecular complexity index is 597. The molecule has 3 nitrogen and oxygen atoms in total. The van der Waals surface area contributed by atoms with Crippen molar-refractivity contribution < 1.29 is 0 Å². The summed E-state index contributed by atoms with van der Waals surface area (Å²) in [5, 5.41) is 12.2. The number of nitriles is 1. The molecule has 0 aliphatic rings. The Balaban J connectivity index is 2.08. The third kappa shape index (κ3) is 3.62. The van der Waals surface area contributed by atoms with E-state index >= 15 is 0 Å². The van der Waals surface area contributed by atoms with Crippen LogP contribution < -0.4 is 11.1 Å². The van der Waals surface area contributed by atoms with E-state index in [9.17, 15) is 0 Å². The average molecular weight is 249 g/mol. The molecule has 0 aliphatic carbocycles. The molecule has 0 amide bonds. The van der Waals surface area contributed by atoms with Crippen LogP contribution in [0.15, 0.2) is 60.7 Å². The molecular weight excluding hydrogens is 234 g/mol. The number of anilines is 2. The Labute approximate surface area is 113 Å². The monoisotopic (exact) mass is 249 g/mol. The third-order valence-electron chi connectivity index (χ3n) is 2.69. The van der Waals surface area contributed by atoms with Gasteiger partial charge in [-0.3, -0.25) is 0 Å². The van der Waals surface area contributed by atoms with Gasteiger partial charge in [0.15, 0.2) is 0 Å². The molecule has 0 saturated carbocycles.